The third kappa shape index (κ3) is 5.72. The largest absolute Gasteiger partial charge is 0.460 e. The highest BCUT2D eigenvalue weighted by molar-refractivity contribution is 5.01. The van der Waals surface area contributed by atoms with Gasteiger partial charge in [-0.3, -0.25) is 0 Å². The average Bonchev–Trinajstić information content (AvgIpc) is 2.50. The number of hydrogen-bond donors (Lipinski definition) is 0. The van der Waals surface area contributed by atoms with E-state index < -0.39 is 54.9 Å². The molecule has 190 valence electrons. The lowest BCUT2D eigenvalue weighted by Crippen LogP contribution is -2.65. The average molecular weight is 514 g/mol. The van der Waals surface area contributed by atoms with E-state index in [1.807, 2.05) is 0 Å². The lowest BCUT2D eigenvalue weighted by Gasteiger charge is -2.34. The number of methoxy groups -OCH3 is 1. The maximum atomic E-state index is 12.5. The highest BCUT2D eigenvalue weighted by Crippen LogP contribution is 2.55. The van der Waals surface area contributed by atoms with Crippen LogP contribution in [0, 0.1) is 0 Å². The first-order valence-corrected chi connectivity index (χ1v) is 6.71. The number of rotatable bonds is 6. The summed E-state index contributed by atoms with van der Waals surface area (Å²) in [6, 6.07) is 0. The van der Waals surface area contributed by atoms with Crippen LogP contribution >= 0.6 is 0 Å². The maximum Gasteiger partial charge on any atom is 0.460 e. The lowest BCUT2D eigenvalue weighted by atomic mass is 10.0. The lowest BCUT2D eigenvalue weighted by molar-refractivity contribution is -0.445. The summed E-state index contributed by atoms with van der Waals surface area (Å²) in [7, 11) is -0.175. The molecule has 0 spiro atoms. The van der Waals surface area contributed by atoms with Gasteiger partial charge in [0, 0.05) is 7.11 Å². The Labute approximate surface area is 159 Å². The van der Waals surface area contributed by atoms with E-state index in [9.17, 15) is 79.0 Å². The van der Waals surface area contributed by atoms with Crippen LogP contribution < -0.4 is 0 Å². The Morgan fingerprint density at radius 2 is 0.806 bits per heavy atom. The van der Waals surface area contributed by atoms with Gasteiger partial charge in [0.1, 0.15) is 0 Å². The van der Waals surface area contributed by atoms with Crippen LogP contribution in [-0.2, 0) is 9.47 Å². The zero-order valence-electron chi connectivity index (χ0n) is 14.3. The van der Waals surface area contributed by atoms with Gasteiger partial charge in [0.15, 0.2) is 0 Å². The summed E-state index contributed by atoms with van der Waals surface area (Å²) in [5, 5.41) is 0. The SMILES string of the molecule is CCOC(F)(F)C(F)(F)C(F)(F)C(F)(F)F.COC(F)(F)C(F)(C(F)(F)F)C(F)(F)F. The van der Waals surface area contributed by atoms with Crippen molar-refractivity contribution < 1.29 is 88.5 Å². The molecule has 0 radical (unpaired) electrons. The van der Waals surface area contributed by atoms with Gasteiger partial charge < -0.3 is 9.47 Å². The van der Waals surface area contributed by atoms with Gasteiger partial charge in [-0.1, -0.05) is 0 Å². The Hall–Kier alpha value is -1.34. The number of ether oxygens (including phenoxy) is 2. The molecule has 0 fully saturated rings. The zero-order valence-corrected chi connectivity index (χ0v) is 14.3. The van der Waals surface area contributed by atoms with Crippen LogP contribution in [0.5, 0.6) is 0 Å². The van der Waals surface area contributed by atoms with Crippen LogP contribution in [0.4, 0.5) is 79.0 Å². The van der Waals surface area contributed by atoms with E-state index in [2.05, 4.69) is 9.47 Å². The van der Waals surface area contributed by atoms with Crippen molar-refractivity contribution in [2.24, 2.45) is 0 Å². The van der Waals surface area contributed by atoms with Gasteiger partial charge >= 0.3 is 48.3 Å². The fraction of sp³-hybridized carbons (Fsp3) is 1.00. The molecule has 0 unspecified atom stereocenters. The first-order chi connectivity index (χ1) is 13.1. The monoisotopic (exact) mass is 514 g/mol. The van der Waals surface area contributed by atoms with Gasteiger partial charge in [0.05, 0.1) is 6.61 Å². The molecule has 0 N–H and O–H groups in total. The van der Waals surface area contributed by atoms with Crippen molar-refractivity contribution in [2.45, 2.75) is 55.2 Å². The summed E-state index contributed by atoms with van der Waals surface area (Å²) in [5.74, 6) is -13.6. The normalized spacial score (nSPS) is 15.5. The topological polar surface area (TPSA) is 18.5 Å². The molecule has 0 saturated heterocycles. The molecule has 0 heterocycles. The molecule has 2 nitrogen and oxygen atoms in total. The first-order valence-electron chi connectivity index (χ1n) is 6.71. The van der Waals surface area contributed by atoms with Crippen LogP contribution in [-0.4, -0.2) is 62.0 Å². The van der Waals surface area contributed by atoms with E-state index in [-0.39, 0.29) is 7.11 Å². The Bertz CT molecular complexity index is 557. The van der Waals surface area contributed by atoms with Gasteiger partial charge in [-0.25, -0.2) is 4.39 Å². The molecule has 0 aromatic rings. The van der Waals surface area contributed by atoms with E-state index in [1.54, 1.807) is 0 Å². The molecule has 31 heavy (non-hydrogen) atoms. The summed E-state index contributed by atoms with van der Waals surface area (Å²) < 4.78 is 220. The van der Waals surface area contributed by atoms with E-state index in [0.717, 1.165) is 6.92 Å². The van der Waals surface area contributed by atoms with E-state index in [1.165, 1.54) is 0 Å². The Morgan fingerprint density at radius 1 is 0.484 bits per heavy atom. The van der Waals surface area contributed by atoms with E-state index in [4.69, 9.17) is 0 Å². The predicted octanol–water partition coefficient (Wildman–Crippen LogP) is 6.51. The van der Waals surface area contributed by atoms with Crippen molar-refractivity contribution in [1.82, 2.24) is 0 Å². The number of alkyl halides is 18. The summed E-state index contributed by atoms with van der Waals surface area (Å²) >= 11 is 0. The second kappa shape index (κ2) is 8.89. The predicted molar refractivity (Wildman–Crippen MR) is 60.4 cm³/mol. The minimum absolute atomic E-state index is 0.175. The van der Waals surface area contributed by atoms with Gasteiger partial charge in [0.25, 0.3) is 0 Å². The van der Waals surface area contributed by atoms with Crippen molar-refractivity contribution in [3.63, 3.8) is 0 Å². The molecule has 0 rings (SSSR count). The third-order valence-corrected chi connectivity index (χ3v) is 2.88. The van der Waals surface area contributed by atoms with E-state index >= 15 is 0 Å². The van der Waals surface area contributed by atoms with Crippen molar-refractivity contribution in [3.05, 3.63) is 0 Å². The van der Waals surface area contributed by atoms with Gasteiger partial charge in [-0.05, 0) is 6.92 Å². The maximum absolute atomic E-state index is 12.5. The molecule has 0 aliphatic carbocycles. The molecule has 0 amide bonds. The Kier molecular flexibility index (Phi) is 9.13. The second-order valence-electron chi connectivity index (χ2n) is 4.97. The quantitative estimate of drug-likeness (QED) is 0.377. The van der Waals surface area contributed by atoms with Crippen molar-refractivity contribution in [3.8, 4) is 0 Å². The first kappa shape index (κ1) is 31.8. The molecule has 0 aromatic carbocycles. The minimum atomic E-state index is -6.89. The third-order valence-electron chi connectivity index (χ3n) is 2.88. The molecule has 0 bridgehead atoms. The molecule has 0 saturated carbocycles. The van der Waals surface area contributed by atoms with Gasteiger partial charge in [-0.15, -0.1) is 0 Å². The fourth-order valence-electron chi connectivity index (χ4n) is 1.26. The number of hydrogen-bond acceptors (Lipinski definition) is 2. The van der Waals surface area contributed by atoms with Gasteiger partial charge in [0.2, 0.25) is 0 Å². The van der Waals surface area contributed by atoms with Crippen LogP contribution in [0.25, 0.3) is 0 Å². The summed E-state index contributed by atoms with van der Waals surface area (Å²) in [4.78, 5) is 0. The van der Waals surface area contributed by atoms with E-state index in [0.29, 0.717) is 0 Å². The van der Waals surface area contributed by atoms with Crippen LogP contribution in [0.1, 0.15) is 6.92 Å². The van der Waals surface area contributed by atoms with Gasteiger partial charge in [-0.2, -0.15) is 74.6 Å². The summed E-state index contributed by atoms with van der Waals surface area (Å²) in [6.07, 6.45) is -32.5. The van der Waals surface area contributed by atoms with Crippen molar-refractivity contribution in [2.75, 3.05) is 13.7 Å². The smallest absolute Gasteiger partial charge is 0.321 e. The van der Waals surface area contributed by atoms with Crippen molar-refractivity contribution in [1.29, 1.82) is 0 Å². The Morgan fingerprint density at radius 3 is 0.968 bits per heavy atom. The van der Waals surface area contributed by atoms with Crippen LogP contribution in [0.15, 0.2) is 0 Å². The second-order valence-corrected chi connectivity index (χ2v) is 4.97. The van der Waals surface area contributed by atoms with Crippen molar-refractivity contribution >= 4 is 0 Å². The molecule has 0 aromatic heterocycles. The fourth-order valence-corrected chi connectivity index (χ4v) is 1.26. The highest BCUT2D eigenvalue weighted by atomic mass is 19.4. The summed E-state index contributed by atoms with van der Waals surface area (Å²) in [6.45, 7) is -0.424. The number of halogens is 18. The summed E-state index contributed by atoms with van der Waals surface area (Å²) in [5.41, 5.74) is -6.73. The Balaban J connectivity index is 0. The minimum Gasteiger partial charge on any atom is -0.321 e. The van der Waals surface area contributed by atoms with Crippen LogP contribution in [0.2, 0.25) is 0 Å². The molecule has 20 heteroatoms. The highest BCUT2D eigenvalue weighted by Gasteiger charge is 2.85. The molecular formula is C11H8F18O2. The van der Waals surface area contributed by atoms with Crippen LogP contribution in [0.3, 0.4) is 0 Å². The molecule has 0 atom stereocenters. The molecule has 0 aliphatic rings. The standard InChI is InChI=1S/C6H5F9O.C5H3F9O/c1-2-16-6(14,15)4(9,10)3(7,8)5(11,12)13;1-15-5(13,14)2(6,3(7,8)9)4(10,11)12/h2H2,1H3;1H3. The molecule has 0 aliphatic heterocycles. The zero-order chi connectivity index (χ0) is 26.1. The molecular weight excluding hydrogens is 506 g/mol.